The average molecular weight is 350 g/mol. The molecular formula is C17H26N4O2S. The van der Waals surface area contributed by atoms with Crippen molar-refractivity contribution in [2.45, 2.75) is 32.7 Å². The van der Waals surface area contributed by atoms with Crippen LogP contribution in [0.15, 0.2) is 5.38 Å². The molecule has 0 aromatic carbocycles. The van der Waals surface area contributed by atoms with Crippen LogP contribution in [-0.2, 0) is 11.3 Å². The fourth-order valence-electron chi connectivity index (χ4n) is 3.71. The van der Waals surface area contributed by atoms with E-state index < -0.39 is 0 Å². The van der Waals surface area contributed by atoms with Gasteiger partial charge in [-0.3, -0.25) is 9.59 Å². The van der Waals surface area contributed by atoms with Crippen LogP contribution in [-0.4, -0.2) is 71.8 Å². The van der Waals surface area contributed by atoms with Gasteiger partial charge in [0.05, 0.1) is 5.41 Å². The van der Waals surface area contributed by atoms with Crippen molar-refractivity contribution in [2.24, 2.45) is 5.41 Å². The van der Waals surface area contributed by atoms with Crippen molar-refractivity contribution >= 4 is 23.2 Å². The van der Waals surface area contributed by atoms with Crippen LogP contribution in [0.2, 0.25) is 0 Å². The summed E-state index contributed by atoms with van der Waals surface area (Å²) in [5.41, 5.74) is 0.178. The maximum Gasteiger partial charge on any atom is 0.273 e. The van der Waals surface area contributed by atoms with Crippen LogP contribution in [0, 0.1) is 5.41 Å². The molecule has 1 aromatic rings. The first-order valence-corrected chi connectivity index (χ1v) is 9.51. The first-order chi connectivity index (χ1) is 11.4. The Hall–Kier alpha value is -1.47. The van der Waals surface area contributed by atoms with Crippen molar-refractivity contribution in [2.75, 3.05) is 40.3 Å². The zero-order valence-electron chi connectivity index (χ0n) is 14.7. The van der Waals surface area contributed by atoms with E-state index in [0.29, 0.717) is 18.8 Å². The maximum absolute atomic E-state index is 12.7. The highest BCUT2D eigenvalue weighted by Crippen LogP contribution is 2.41. The first-order valence-electron chi connectivity index (χ1n) is 8.63. The molecule has 6 nitrogen and oxygen atoms in total. The Bertz CT molecular complexity index is 630. The fraction of sp³-hybridized carbons (Fsp3) is 0.706. The van der Waals surface area contributed by atoms with Gasteiger partial charge in [0.15, 0.2) is 0 Å². The van der Waals surface area contributed by atoms with Crippen molar-refractivity contribution in [3.8, 4) is 0 Å². The quantitative estimate of drug-likeness (QED) is 0.811. The standard InChI is InChI=1S/C17H26N4O2S/c1-4-7-20-8-5-17(16(20)23)6-9-21(12-17)15(22)13-11-24-14(18-13)10-19(2)3/h11H,4-10,12H2,1-3H3. The minimum Gasteiger partial charge on any atom is -0.342 e. The lowest BCUT2D eigenvalue weighted by Gasteiger charge is -2.23. The summed E-state index contributed by atoms with van der Waals surface area (Å²) in [4.78, 5) is 35.7. The molecule has 2 saturated heterocycles. The van der Waals surface area contributed by atoms with Crippen molar-refractivity contribution in [1.29, 1.82) is 0 Å². The summed E-state index contributed by atoms with van der Waals surface area (Å²) in [7, 11) is 3.97. The number of carbonyl (C=O) groups excluding carboxylic acids is 2. The molecule has 0 bridgehead atoms. The molecule has 2 fully saturated rings. The van der Waals surface area contributed by atoms with Crippen LogP contribution >= 0.6 is 11.3 Å². The second-order valence-corrected chi connectivity index (χ2v) is 8.11. The summed E-state index contributed by atoms with van der Waals surface area (Å²) in [6.45, 7) is 5.70. The first kappa shape index (κ1) is 17.4. The van der Waals surface area contributed by atoms with Gasteiger partial charge in [-0.15, -0.1) is 11.3 Å². The Balaban J connectivity index is 1.66. The Morgan fingerprint density at radius 2 is 2.12 bits per heavy atom. The van der Waals surface area contributed by atoms with E-state index in [1.807, 2.05) is 34.2 Å². The van der Waals surface area contributed by atoms with E-state index in [2.05, 4.69) is 11.9 Å². The molecule has 0 aliphatic carbocycles. The second kappa shape index (κ2) is 6.80. The Morgan fingerprint density at radius 1 is 1.38 bits per heavy atom. The number of likely N-dealkylation sites (tertiary alicyclic amines) is 2. The van der Waals surface area contributed by atoms with Crippen molar-refractivity contribution < 1.29 is 9.59 Å². The van der Waals surface area contributed by atoms with Gasteiger partial charge in [0, 0.05) is 38.1 Å². The van der Waals surface area contributed by atoms with Gasteiger partial charge in [0.2, 0.25) is 5.91 Å². The number of carbonyl (C=O) groups is 2. The van der Waals surface area contributed by atoms with Gasteiger partial charge in [-0.25, -0.2) is 4.98 Å². The Kier molecular flexibility index (Phi) is 4.92. The summed E-state index contributed by atoms with van der Waals surface area (Å²) in [6.07, 6.45) is 2.64. The summed E-state index contributed by atoms with van der Waals surface area (Å²) in [6, 6.07) is 0. The van der Waals surface area contributed by atoms with Crippen molar-refractivity contribution in [1.82, 2.24) is 19.7 Å². The van der Waals surface area contributed by atoms with E-state index in [1.165, 1.54) is 11.3 Å². The monoisotopic (exact) mass is 350 g/mol. The molecule has 1 spiro atoms. The van der Waals surface area contributed by atoms with E-state index in [4.69, 9.17) is 0 Å². The minimum atomic E-state index is -0.340. The van der Waals surface area contributed by atoms with Gasteiger partial charge in [0.1, 0.15) is 10.7 Å². The number of hydrogen-bond acceptors (Lipinski definition) is 5. The summed E-state index contributed by atoms with van der Waals surface area (Å²) >= 11 is 1.52. The number of aromatic nitrogens is 1. The molecule has 0 N–H and O–H groups in total. The zero-order valence-corrected chi connectivity index (χ0v) is 15.6. The molecule has 1 unspecified atom stereocenters. The predicted octanol–water partition coefficient (Wildman–Crippen LogP) is 1.68. The van der Waals surface area contributed by atoms with Gasteiger partial charge >= 0.3 is 0 Å². The topological polar surface area (TPSA) is 56.8 Å². The zero-order chi connectivity index (χ0) is 17.3. The third kappa shape index (κ3) is 3.19. The van der Waals surface area contributed by atoms with Crippen LogP contribution in [0.3, 0.4) is 0 Å². The molecule has 0 saturated carbocycles. The van der Waals surface area contributed by atoms with E-state index in [-0.39, 0.29) is 17.2 Å². The van der Waals surface area contributed by atoms with Crippen LogP contribution in [0.5, 0.6) is 0 Å². The summed E-state index contributed by atoms with van der Waals surface area (Å²) in [5.74, 6) is 0.209. The minimum absolute atomic E-state index is 0.0325. The number of hydrogen-bond donors (Lipinski definition) is 0. The number of rotatable bonds is 5. The third-order valence-corrected chi connectivity index (χ3v) is 5.79. The maximum atomic E-state index is 12.7. The lowest BCUT2D eigenvalue weighted by atomic mass is 9.85. The molecule has 3 rings (SSSR count). The molecule has 2 amide bonds. The van der Waals surface area contributed by atoms with Crippen molar-refractivity contribution in [3.63, 3.8) is 0 Å². The Labute approximate surface area is 147 Å². The molecular weight excluding hydrogens is 324 g/mol. The van der Waals surface area contributed by atoms with Gasteiger partial charge in [-0.05, 0) is 33.4 Å². The molecule has 7 heteroatoms. The molecule has 1 atom stereocenters. The molecule has 1 aromatic heterocycles. The molecule has 0 radical (unpaired) electrons. The van der Waals surface area contributed by atoms with Gasteiger partial charge < -0.3 is 14.7 Å². The lowest BCUT2D eigenvalue weighted by molar-refractivity contribution is -0.135. The van der Waals surface area contributed by atoms with Gasteiger partial charge in [-0.2, -0.15) is 0 Å². The normalized spacial score (nSPS) is 23.9. The molecule has 3 heterocycles. The SMILES string of the molecule is CCCN1CCC2(CCN(C(=O)c3csc(CN(C)C)n3)C2)C1=O. The highest BCUT2D eigenvalue weighted by molar-refractivity contribution is 7.09. The average Bonchev–Trinajstić information content (AvgIpc) is 3.23. The summed E-state index contributed by atoms with van der Waals surface area (Å²) in [5, 5.41) is 2.79. The van der Waals surface area contributed by atoms with Crippen LogP contribution in [0.25, 0.3) is 0 Å². The Morgan fingerprint density at radius 3 is 2.83 bits per heavy atom. The van der Waals surface area contributed by atoms with E-state index in [1.54, 1.807) is 0 Å². The predicted molar refractivity (Wildman–Crippen MR) is 93.9 cm³/mol. The smallest absolute Gasteiger partial charge is 0.273 e. The largest absolute Gasteiger partial charge is 0.342 e. The molecule has 24 heavy (non-hydrogen) atoms. The number of nitrogens with zero attached hydrogens (tertiary/aromatic N) is 4. The van der Waals surface area contributed by atoms with Gasteiger partial charge in [-0.1, -0.05) is 6.92 Å². The summed E-state index contributed by atoms with van der Waals surface area (Å²) < 4.78 is 0. The van der Waals surface area contributed by atoms with E-state index in [0.717, 1.165) is 43.9 Å². The van der Waals surface area contributed by atoms with E-state index in [9.17, 15) is 9.59 Å². The highest BCUT2D eigenvalue weighted by atomic mass is 32.1. The van der Waals surface area contributed by atoms with E-state index >= 15 is 0 Å². The lowest BCUT2D eigenvalue weighted by Crippen LogP contribution is -2.38. The number of thiazole rings is 1. The van der Waals surface area contributed by atoms with Gasteiger partial charge in [0.25, 0.3) is 5.91 Å². The highest BCUT2D eigenvalue weighted by Gasteiger charge is 2.51. The fourth-order valence-corrected chi connectivity index (χ4v) is 4.60. The molecule has 2 aliphatic rings. The third-order valence-electron chi connectivity index (χ3n) is 4.96. The van der Waals surface area contributed by atoms with Crippen molar-refractivity contribution in [3.05, 3.63) is 16.1 Å². The molecule has 132 valence electrons. The second-order valence-electron chi connectivity index (χ2n) is 7.16. The van der Waals surface area contributed by atoms with Crippen LogP contribution in [0.4, 0.5) is 0 Å². The number of amides is 2. The van der Waals surface area contributed by atoms with Crippen LogP contribution < -0.4 is 0 Å². The van der Waals surface area contributed by atoms with Crippen LogP contribution in [0.1, 0.15) is 41.7 Å². The molecule has 2 aliphatic heterocycles.